The zero-order chi connectivity index (χ0) is 18.9. The van der Waals surface area contributed by atoms with Gasteiger partial charge in [-0.15, -0.1) is 40.8 Å². The Morgan fingerprint density at radius 3 is 2.63 bits per heavy atom. The van der Waals surface area contributed by atoms with Crippen LogP contribution in [0, 0.1) is 12.7 Å². The number of aryl methyl sites for hydroxylation is 1. The van der Waals surface area contributed by atoms with Gasteiger partial charge in [0.1, 0.15) is 30.0 Å². The van der Waals surface area contributed by atoms with Crippen molar-refractivity contribution in [2.24, 2.45) is 12.0 Å². The highest BCUT2D eigenvalue weighted by atomic mass is 127. The lowest BCUT2D eigenvalue weighted by Gasteiger charge is -2.17. The molecule has 0 saturated heterocycles. The predicted molar refractivity (Wildman–Crippen MR) is 115 cm³/mol. The first-order valence-electron chi connectivity index (χ1n) is 8.39. The van der Waals surface area contributed by atoms with Crippen molar-refractivity contribution < 1.29 is 9.13 Å². The summed E-state index contributed by atoms with van der Waals surface area (Å²) in [6.45, 7) is 9.02. The molecule has 0 aliphatic rings. The molecule has 148 valence electrons. The summed E-state index contributed by atoms with van der Waals surface area (Å²) < 4.78 is 20.6. The maximum atomic E-state index is 12.9. The summed E-state index contributed by atoms with van der Waals surface area (Å²) >= 11 is 0. The van der Waals surface area contributed by atoms with Crippen molar-refractivity contribution in [3.63, 3.8) is 0 Å². The van der Waals surface area contributed by atoms with Gasteiger partial charge in [0.15, 0.2) is 11.8 Å². The molecule has 0 amide bonds. The Labute approximate surface area is 176 Å². The summed E-state index contributed by atoms with van der Waals surface area (Å²) in [5.41, 5.74) is 0. The fourth-order valence-electron chi connectivity index (χ4n) is 2.11. The first-order chi connectivity index (χ1) is 12.5. The number of rotatable bonds is 8. The third kappa shape index (κ3) is 7.53. The second kappa shape index (κ2) is 11.5. The topological polar surface area (TPSA) is 76.4 Å². The average molecular weight is 488 g/mol. The van der Waals surface area contributed by atoms with Gasteiger partial charge in [-0.2, -0.15) is 0 Å². The van der Waals surface area contributed by atoms with E-state index in [0.29, 0.717) is 31.3 Å². The van der Waals surface area contributed by atoms with Crippen LogP contribution in [0.3, 0.4) is 0 Å². The van der Waals surface area contributed by atoms with Crippen LogP contribution < -0.4 is 15.4 Å². The highest BCUT2D eigenvalue weighted by Gasteiger charge is 2.08. The molecule has 0 aliphatic heterocycles. The zero-order valence-electron chi connectivity index (χ0n) is 15.8. The number of ether oxygens (including phenoxy) is 1. The van der Waals surface area contributed by atoms with Crippen molar-refractivity contribution >= 4 is 29.9 Å². The van der Waals surface area contributed by atoms with E-state index in [9.17, 15) is 4.39 Å². The van der Waals surface area contributed by atoms with Crippen molar-refractivity contribution in [3.8, 4) is 5.75 Å². The van der Waals surface area contributed by atoms with Crippen LogP contribution in [0.5, 0.6) is 5.75 Å². The van der Waals surface area contributed by atoms with Crippen LogP contribution in [0.1, 0.15) is 18.6 Å². The van der Waals surface area contributed by atoms with E-state index < -0.39 is 0 Å². The van der Waals surface area contributed by atoms with E-state index in [1.54, 1.807) is 18.2 Å². The lowest BCUT2D eigenvalue weighted by Crippen LogP contribution is -2.42. The molecule has 2 rings (SSSR count). The SMILES string of the molecule is C=CCNC(=NCc1nnc(C)n1C)NCC(C)Oc1ccc(F)cc1.I. The van der Waals surface area contributed by atoms with Gasteiger partial charge in [0, 0.05) is 13.6 Å². The van der Waals surface area contributed by atoms with Gasteiger partial charge in [0.05, 0.1) is 6.54 Å². The van der Waals surface area contributed by atoms with Gasteiger partial charge in [-0.3, -0.25) is 0 Å². The second-order valence-electron chi connectivity index (χ2n) is 5.82. The molecule has 1 heterocycles. The first kappa shape index (κ1) is 22.9. The van der Waals surface area contributed by atoms with Crippen LogP contribution >= 0.6 is 24.0 Å². The maximum Gasteiger partial charge on any atom is 0.192 e. The molecule has 0 aliphatic carbocycles. The van der Waals surface area contributed by atoms with Gasteiger partial charge in [-0.05, 0) is 38.1 Å². The summed E-state index contributed by atoms with van der Waals surface area (Å²) in [7, 11) is 1.91. The van der Waals surface area contributed by atoms with Crippen LogP contribution in [-0.4, -0.2) is 39.9 Å². The van der Waals surface area contributed by atoms with Crippen LogP contribution in [0.4, 0.5) is 4.39 Å². The summed E-state index contributed by atoms with van der Waals surface area (Å²) in [5, 5.41) is 14.5. The molecule has 0 spiro atoms. The fraction of sp³-hybridized carbons (Fsp3) is 0.389. The molecular weight excluding hydrogens is 462 g/mol. The lowest BCUT2D eigenvalue weighted by atomic mass is 10.3. The second-order valence-corrected chi connectivity index (χ2v) is 5.82. The van der Waals surface area contributed by atoms with Gasteiger partial charge in [-0.25, -0.2) is 9.38 Å². The number of nitrogens with zero attached hydrogens (tertiary/aromatic N) is 4. The minimum atomic E-state index is -0.287. The highest BCUT2D eigenvalue weighted by molar-refractivity contribution is 14.0. The average Bonchev–Trinajstić information content (AvgIpc) is 2.95. The Bertz CT molecular complexity index is 747. The normalized spacial score (nSPS) is 12.1. The number of nitrogens with one attached hydrogen (secondary N) is 2. The van der Waals surface area contributed by atoms with E-state index >= 15 is 0 Å². The number of aromatic nitrogens is 3. The Morgan fingerprint density at radius 2 is 2.04 bits per heavy atom. The number of halogens is 2. The van der Waals surface area contributed by atoms with Crippen LogP contribution in [0.25, 0.3) is 0 Å². The third-order valence-electron chi connectivity index (χ3n) is 3.68. The largest absolute Gasteiger partial charge is 0.489 e. The van der Waals surface area contributed by atoms with E-state index in [2.05, 4.69) is 32.4 Å². The van der Waals surface area contributed by atoms with Gasteiger partial charge >= 0.3 is 0 Å². The van der Waals surface area contributed by atoms with Crippen LogP contribution in [0.2, 0.25) is 0 Å². The van der Waals surface area contributed by atoms with Crippen molar-refractivity contribution in [3.05, 3.63) is 54.4 Å². The molecule has 1 aromatic heterocycles. The molecule has 0 radical (unpaired) electrons. The van der Waals surface area contributed by atoms with E-state index in [1.807, 2.05) is 25.5 Å². The van der Waals surface area contributed by atoms with Crippen LogP contribution in [-0.2, 0) is 13.6 Å². The summed E-state index contributed by atoms with van der Waals surface area (Å²) in [6, 6.07) is 5.95. The number of guanidine groups is 1. The van der Waals surface area contributed by atoms with Gasteiger partial charge in [-0.1, -0.05) is 6.08 Å². The van der Waals surface area contributed by atoms with Crippen molar-refractivity contribution in [1.29, 1.82) is 0 Å². The molecule has 0 fully saturated rings. The molecule has 0 saturated carbocycles. The van der Waals surface area contributed by atoms with E-state index in [-0.39, 0.29) is 35.9 Å². The summed E-state index contributed by atoms with van der Waals surface area (Å²) in [4.78, 5) is 4.51. The molecule has 1 unspecified atom stereocenters. The minimum absolute atomic E-state index is 0. The maximum absolute atomic E-state index is 12.9. The quantitative estimate of drug-likeness (QED) is 0.259. The molecule has 2 N–H and O–H groups in total. The molecule has 0 bridgehead atoms. The zero-order valence-corrected chi connectivity index (χ0v) is 18.1. The number of aliphatic imine (C=N–C) groups is 1. The minimum Gasteiger partial charge on any atom is -0.489 e. The molecule has 1 atom stereocenters. The van der Waals surface area contributed by atoms with Gasteiger partial charge < -0.3 is 19.9 Å². The lowest BCUT2D eigenvalue weighted by molar-refractivity contribution is 0.223. The van der Waals surface area contributed by atoms with Crippen molar-refractivity contribution in [1.82, 2.24) is 25.4 Å². The number of hydrogen-bond acceptors (Lipinski definition) is 4. The molecule has 7 nitrogen and oxygen atoms in total. The molecule has 1 aromatic carbocycles. The van der Waals surface area contributed by atoms with E-state index in [4.69, 9.17) is 4.74 Å². The Hall–Kier alpha value is -2.17. The predicted octanol–water partition coefficient (Wildman–Crippen LogP) is 2.57. The van der Waals surface area contributed by atoms with Crippen molar-refractivity contribution in [2.45, 2.75) is 26.5 Å². The molecular formula is C18H26FIN6O. The number of benzene rings is 1. The monoisotopic (exact) mass is 488 g/mol. The van der Waals surface area contributed by atoms with E-state index in [0.717, 1.165) is 11.6 Å². The molecule has 27 heavy (non-hydrogen) atoms. The molecule has 2 aromatic rings. The summed E-state index contributed by atoms with van der Waals surface area (Å²) in [5.74, 6) is 2.57. The standard InChI is InChI=1S/C18H25FN6O.HI/c1-5-10-20-18(22-12-17-24-23-14(3)25(17)4)21-11-13(2)26-16-8-6-15(19)7-9-16;/h5-9,13H,1,10-12H2,2-4H3,(H2,20,21,22);1H. The van der Waals surface area contributed by atoms with Crippen LogP contribution in [0.15, 0.2) is 41.9 Å². The Kier molecular flexibility index (Phi) is 9.76. The third-order valence-corrected chi connectivity index (χ3v) is 3.68. The van der Waals surface area contributed by atoms with Gasteiger partial charge in [0.25, 0.3) is 0 Å². The van der Waals surface area contributed by atoms with E-state index in [1.165, 1.54) is 12.1 Å². The first-order valence-corrected chi connectivity index (χ1v) is 8.39. The van der Waals surface area contributed by atoms with Gasteiger partial charge in [0.2, 0.25) is 0 Å². The number of hydrogen-bond donors (Lipinski definition) is 2. The smallest absolute Gasteiger partial charge is 0.192 e. The highest BCUT2D eigenvalue weighted by Crippen LogP contribution is 2.12. The summed E-state index contributed by atoms with van der Waals surface area (Å²) in [6.07, 6.45) is 1.62. The Morgan fingerprint density at radius 1 is 1.33 bits per heavy atom. The fourth-order valence-corrected chi connectivity index (χ4v) is 2.11. The van der Waals surface area contributed by atoms with Crippen molar-refractivity contribution in [2.75, 3.05) is 13.1 Å². The Balaban J connectivity index is 0.00000364. The molecule has 9 heteroatoms.